The van der Waals surface area contributed by atoms with Gasteiger partial charge in [0, 0.05) is 16.8 Å². The maximum atomic E-state index is 9.39. The second kappa shape index (κ2) is 12.9. The van der Waals surface area contributed by atoms with Crippen LogP contribution in [0.25, 0.3) is 49.5 Å². The monoisotopic (exact) mass is 601 g/mol. The average molecular weight is 602 g/mol. The highest BCUT2D eigenvalue weighted by Crippen LogP contribution is 2.43. The Morgan fingerprint density at radius 3 is 1.55 bits per heavy atom. The van der Waals surface area contributed by atoms with Crippen LogP contribution in [0.3, 0.4) is 0 Å². The van der Waals surface area contributed by atoms with Gasteiger partial charge >= 0.3 is 0 Å². The first-order valence-corrected chi connectivity index (χ1v) is 15.6. The van der Waals surface area contributed by atoms with E-state index in [1.807, 2.05) is 79.7 Å². The lowest BCUT2D eigenvalue weighted by molar-refractivity contribution is 1.44. The molecule has 0 aromatic heterocycles. The predicted octanol–water partition coefficient (Wildman–Crippen LogP) is 11.1. The molecule has 0 aliphatic carbocycles. The molecule has 0 fully saturated rings. The van der Waals surface area contributed by atoms with Gasteiger partial charge in [0.1, 0.15) is 0 Å². The van der Waals surface area contributed by atoms with E-state index in [1.165, 1.54) is 0 Å². The maximum Gasteiger partial charge on any atom is 0.160 e. The standard InChI is InChI=1S/C44H31N3/c1-30(33-14-5-3-6-15-33)46-44(35-16-7-4-8-17-35)47-31(2)36-18-13-19-37(28-36)43-40-22-11-9-20-38(40)42(39-21-10-12-23-41(39)43)34-26-24-32(29-45)25-27-34/h3-28H,2H2,1H3/b46-30+,47-44-. The van der Waals surface area contributed by atoms with Crippen molar-refractivity contribution in [2.45, 2.75) is 6.92 Å². The fraction of sp³-hybridized carbons (Fsp3) is 0.0227. The van der Waals surface area contributed by atoms with E-state index in [4.69, 9.17) is 9.98 Å². The molecule has 0 aliphatic heterocycles. The molecule has 3 heteroatoms. The van der Waals surface area contributed by atoms with Crippen molar-refractivity contribution in [1.82, 2.24) is 0 Å². The molecule has 7 aromatic rings. The first-order chi connectivity index (χ1) is 23.1. The molecule has 0 unspecified atom stereocenters. The molecule has 0 bridgehead atoms. The number of aliphatic imine (C=N–C) groups is 2. The molecule has 0 radical (unpaired) electrons. The van der Waals surface area contributed by atoms with Crippen LogP contribution in [0.4, 0.5) is 0 Å². The fourth-order valence-corrected chi connectivity index (χ4v) is 6.15. The summed E-state index contributed by atoms with van der Waals surface area (Å²) in [5.74, 6) is 0.616. The van der Waals surface area contributed by atoms with Crippen LogP contribution in [-0.2, 0) is 0 Å². The van der Waals surface area contributed by atoms with Crippen molar-refractivity contribution in [3.63, 3.8) is 0 Å². The number of fused-ring (bicyclic) bond motifs is 2. The van der Waals surface area contributed by atoms with Crippen LogP contribution in [0.5, 0.6) is 0 Å². The Morgan fingerprint density at radius 2 is 1.00 bits per heavy atom. The highest BCUT2D eigenvalue weighted by atomic mass is 14.9. The molecule has 0 spiro atoms. The first-order valence-electron chi connectivity index (χ1n) is 15.6. The minimum atomic E-state index is 0.616. The lowest BCUT2D eigenvalue weighted by Crippen LogP contribution is -2.04. The van der Waals surface area contributed by atoms with Gasteiger partial charge < -0.3 is 0 Å². The summed E-state index contributed by atoms with van der Waals surface area (Å²) in [6, 6.07) is 55.9. The highest BCUT2D eigenvalue weighted by Gasteiger charge is 2.17. The summed E-state index contributed by atoms with van der Waals surface area (Å²) in [5, 5.41) is 14.0. The van der Waals surface area contributed by atoms with E-state index in [2.05, 4.69) is 97.6 Å². The van der Waals surface area contributed by atoms with E-state index in [9.17, 15) is 5.26 Å². The van der Waals surface area contributed by atoms with Gasteiger partial charge in [-0.2, -0.15) is 5.26 Å². The van der Waals surface area contributed by atoms with Gasteiger partial charge in [-0.1, -0.05) is 146 Å². The van der Waals surface area contributed by atoms with Crippen molar-refractivity contribution in [3.8, 4) is 28.3 Å². The number of hydrogen-bond donors (Lipinski definition) is 0. The second-order valence-corrected chi connectivity index (χ2v) is 11.4. The van der Waals surface area contributed by atoms with E-state index < -0.39 is 0 Å². The number of amidine groups is 1. The maximum absolute atomic E-state index is 9.39. The highest BCUT2D eigenvalue weighted by molar-refractivity contribution is 6.21. The minimum Gasteiger partial charge on any atom is -0.233 e. The molecule has 0 atom stereocenters. The normalized spacial score (nSPS) is 11.8. The largest absolute Gasteiger partial charge is 0.233 e. The molecule has 222 valence electrons. The Balaban J connectivity index is 1.37. The van der Waals surface area contributed by atoms with E-state index in [1.54, 1.807) is 0 Å². The second-order valence-electron chi connectivity index (χ2n) is 11.4. The number of rotatable bonds is 6. The Labute approximate surface area is 275 Å². The molecule has 47 heavy (non-hydrogen) atoms. The fourth-order valence-electron chi connectivity index (χ4n) is 6.15. The Kier molecular flexibility index (Phi) is 8.07. The van der Waals surface area contributed by atoms with Crippen molar-refractivity contribution < 1.29 is 0 Å². The van der Waals surface area contributed by atoms with E-state index >= 15 is 0 Å². The van der Waals surface area contributed by atoms with Gasteiger partial charge in [0.25, 0.3) is 0 Å². The van der Waals surface area contributed by atoms with Crippen LogP contribution in [0.2, 0.25) is 0 Å². The van der Waals surface area contributed by atoms with E-state index in [-0.39, 0.29) is 0 Å². The van der Waals surface area contributed by atoms with E-state index in [0.29, 0.717) is 17.1 Å². The summed E-state index contributed by atoms with van der Waals surface area (Å²) in [7, 11) is 0. The summed E-state index contributed by atoms with van der Waals surface area (Å²) in [5.41, 5.74) is 9.56. The molecule has 0 amide bonds. The van der Waals surface area contributed by atoms with Crippen LogP contribution >= 0.6 is 0 Å². The molecule has 7 aromatic carbocycles. The molecule has 0 aliphatic rings. The zero-order valence-corrected chi connectivity index (χ0v) is 26.1. The van der Waals surface area contributed by atoms with Crippen molar-refractivity contribution in [2.75, 3.05) is 0 Å². The molecule has 0 saturated heterocycles. The average Bonchev–Trinajstić information content (AvgIpc) is 3.14. The molecular weight excluding hydrogens is 571 g/mol. The zero-order valence-electron chi connectivity index (χ0n) is 26.1. The Morgan fingerprint density at radius 1 is 0.511 bits per heavy atom. The van der Waals surface area contributed by atoms with Gasteiger partial charge in [0.05, 0.1) is 17.3 Å². The van der Waals surface area contributed by atoms with Gasteiger partial charge in [-0.15, -0.1) is 0 Å². The Bertz CT molecular complexity index is 2300. The van der Waals surface area contributed by atoms with Crippen molar-refractivity contribution >= 4 is 38.8 Å². The van der Waals surface area contributed by atoms with Crippen LogP contribution in [0.1, 0.15) is 29.2 Å². The summed E-state index contributed by atoms with van der Waals surface area (Å²) in [4.78, 5) is 10.0. The van der Waals surface area contributed by atoms with Crippen LogP contribution in [0.15, 0.2) is 174 Å². The minimum absolute atomic E-state index is 0.616. The van der Waals surface area contributed by atoms with Gasteiger partial charge in [-0.25, -0.2) is 9.98 Å². The molecule has 0 N–H and O–H groups in total. The summed E-state index contributed by atoms with van der Waals surface area (Å²) < 4.78 is 0. The van der Waals surface area contributed by atoms with Gasteiger partial charge in [-0.3, -0.25) is 0 Å². The molecule has 7 rings (SSSR count). The van der Waals surface area contributed by atoms with Gasteiger partial charge in [0.2, 0.25) is 0 Å². The third-order valence-corrected chi connectivity index (χ3v) is 8.46. The molecular formula is C44H31N3. The number of benzene rings is 7. The smallest absolute Gasteiger partial charge is 0.160 e. The molecule has 3 nitrogen and oxygen atoms in total. The third kappa shape index (κ3) is 5.89. The van der Waals surface area contributed by atoms with Gasteiger partial charge in [0.15, 0.2) is 5.84 Å². The summed E-state index contributed by atoms with van der Waals surface area (Å²) >= 11 is 0. The quantitative estimate of drug-likeness (QED) is 0.106. The lowest BCUT2D eigenvalue weighted by atomic mass is 9.85. The molecule has 0 heterocycles. The van der Waals surface area contributed by atoms with Crippen LogP contribution < -0.4 is 0 Å². The summed E-state index contributed by atoms with van der Waals surface area (Å²) in [6.07, 6.45) is 0. The van der Waals surface area contributed by atoms with Crippen molar-refractivity contribution in [3.05, 3.63) is 187 Å². The molecule has 0 saturated carbocycles. The van der Waals surface area contributed by atoms with E-state index in [0.717, 1.165) is 66.2 Å². The predicted molar refractivity (Wildman–Crippen MR) is 198 cm³/mol. The lowest BCUT2D eigenvalue weighted by Gasteiger charge is -2.18. The SMILES string of the molecule is C=C(/N=C(\N=C(/C)c1ccccc1)c1ccccc1)c1cccc(-c2c3ccccc3c(-c3ccc(C#N)cc3)c3ccccc23)c1. The number of nitrogens with zero attached hydrogens (tertiary/aromatic N) is 3. The first kappa shape index (κ1) is 29.3. The van der Waals surface area contributed by atoms with Crippen molar-refractivity contribution in [1.29, 1.82) is 5.26 Å². The zero-order chi connectivity index (χ0) is 32.2. The van der Waals surface area contributed by atoms with Crippen LogP contribution in [-0.4, -0.2) is 11.5 Å². The Hall–Kier alpha value is -6.37. The number of nitriles is 1. The number of hydrogen-bond acceptors (Lipinski definition) is 2. The topological polar surface area (TPSA) is 48.5 Å². The van der Waals surface area contributed by atoms with Gasteiger partial charge in [-0.05, 0) is 74.5 Å². The third-order valence-electron chi connectivity index (χ3n) is 8.46. The van der Waals surface area contributed by atoms with Crippen LogP contribution in [0, 0.1) is 11.3 Å². The summed E-state index contributed by atoms with van der Waals surface area (Å²) in [6.45, 7) is 6.43. The van der Waals surface area contributed by atoms with Crippen molar-refractivity contribution in [2.24, 2.45) is 9.98 Å².